The van der Waals surface area contributed by atoms with Gasteiger partial charge in [-0.05, 0) is 12.1 Å². The van der Waals surface area contributed by atoms with E-state index in [1.54, 1.807) is 0 Å². The molecular weight excluding hydrogens is 238 g/mol. The molecule has 0 amide bonds. The molecule has 1 unspecified atom stereocenters. The van der Waals surface area contributed by atoms with E-state index in [9.17, 15) is 0 Å². The molecule has 1 radical (unpaired) electrons. The molecule has 1 atom stereocenters. The van der Waals surface area contributed by atoms with E-state index in [2.05, 4.69) is 23.2 Å². The number of aromatic amines is 1. The second-order valence-electron chi connectivity index (χ2n) is 4.57. The summed E-state index contributed by atoms with van der Waals surface area (Å²) in [5.74, 6) is 1.45. The summed E-state index contributed by atoms with van der Waals surface area (Å²) in [5.41, 5.74) is 2.25. The zero-order valence-corrected chi connectivity index (χ0v) is 10.2. The molecule has 4 rings (SSSR count). The van der Waals surface area contributed by atoms with E-state index in [0.717, 1.165) is 16.8 Å². The third-order valence-electron chi connectivity index (χ3n) is 3.40. The van der Waals surface area contributed by atoms with E-state index >= 15 is 0 Å². The molecule has 1 N–H and O–H groups in total. The van der Waals surface area contributed by atoms with Crippen molar-refractivity contribution in [3.05, 3.63) is 60.3 Å². The number of benzene rings is 2. The fourth-order valence-electron chi connectivity index (χ4n) is 2.47. The molecule has 2 heterocycles. The van der Waals surface area contributed by atoms with Gasteiger partial charge in [-0.15, -0.1) is 0 Å². The van der Waals surface area contributed by atoms with Crippen LogP contribution in [-0.2, 0) is 0 Å². The van der Waals surface area contributed by atoms with Gasteiger partial charge >= 0.3 is 0 Å². The summed E-state index contributed by atoms with van der Waals surface area (Å²) in [6, 6.07) is 16.9. The standard InChI is InChI=1S/C16H12NO2/c1-2-6-13-11(5-1)12(9-17-13)16-10-18-14-7-3-4-8-15(14)19-16/h1-6,8-9,16-17H,10H2. The molecular formula is C16H12NO2. The number of hydrogen-bond acceptors (Lipinski definition) is 2. The largest absolute Gasteiger partial charge is 0.485 e. The van der Waals surface area contributed by atoms with Crippen molar-refractivity contribution in [3.63, 3.8) is 0 Å². The molecule has 2 aromatic carbocycles. The predicted molar refractivity (Wildman–Crippen MR) is 72.4 cm³/mol. The van der Waals surface area contributed by atoms with E-state index in [1.165, 1.54) is 5.39 Å². The first kappa shape index (κ1) is 10.5. The zero-order chi connectivity index (χ0) is 12.7. The van der Waals surface area contributed by atoms with Crippen molar-refractivity contribution in [2.75, 3.05) is 6.61 Å². The van der Waals surface area contributed by atoms with E-state index in [4.69, 9.17) is 9.47 Å². The molecule has 1 aromatic heterocycles. The van der Waals surface area contributed by atoms with Crippen molar-refractivity contribution in [1.82, 2.24) is 4.98 Å². The predicted octanol–water partition coefficient (Wildman–Crippen LogP) is 3.48. The number of para-hydroxylation sites is 2. The van der Waals surface area contributed by atoms with E-state index < -0.39 is 0 Å². The van der Waals surface area contributed by atoms with Crippen LogP contribution in [0.25, 0.3) is 10.9 Å². The second-order valence-corrected chi connectivity index (χ2v) is 4.57. The summed E-state index contributed by atoms with van der Waals surface area (Å²) in [6.45, 7) is 0.509. The van der Waals surface area contributed by atoms with Gasteiger partial charge < -0.3 is 14.5 Å². The summed E-state index contributed by atoms with van der Waals surface area (Å²) in [5, 5.41) is 1.18. The third kappa shape index (κ3) is 1.66. The number of rotatable bonds is 1. The molecule has 0 bridgehead atoms. The van der Waals surface area contributed by atoms with Crippen LogP contribution in [0.1, 0.15) is 11.7 Å². The molecule has 1 aliphatic heterocycles. The van der Waals surface area contributed by atoms with Crippen molar-refractivity contribution in [2.24, 2.45) is 0 Å². The average Bonchev–Trinajstić information content (AvgIpc) is 2.91. The topological polar surface area (TPSA) is 34.2 Å². The highest BCUT2D eigenvalue weighted by Crippen LogP contribution is 2.37. The number of nitrogens with one attached hydrogen (secondary N) is 1. The van der Waals surface area contributed by atoms with Crippen molar-refractivity contribution < 1.29 is 9.47 Å². The lowest BCUT2D eigenvalue weighted by Crippen LogP contribution is -2.21. The first-order chi connectivity index (χ1) is 9.42. The molecule has 0 saturated heterocycles. The van der Waals surface area contributed by atoms with E-state index in [-0.39, 0.29) is 6.10 Å². The fraction of sp³-hybridized carbons (Fsp3) is 0.125. The number of hydrogen-bond donors (Lipinski definition) is 1. The van der Waals surface area contributed by atoms with Gasteiger partial charge in [-0.1, -0.05) is 30.3 Å². The summed E-state index contributed by atoms with van der Waals surface area (Å²) in [6.07, 6.45) is 1.91. The Hall–Kier alpha value is -2.42. The highest BCUT2D eigenvalue weighted by molar-refractivity contribution is 5.83. The van der Waals surface area contributed by atoms with Crippen molar-refractivity contribution >= 4 is 10.9 Å². The SMILES string of the molecule is [c]1cccc2c1OCC(c1c[nH]c3ccccc13)O2. The first-order valence-corrected chi connectivity index (χ1v) is 6.28. The lowest BCUT2D eigenvalue weighted by atomic mass is 10.1. The normalized spacial score (nSPS) is 17.6. The van der Waals surface area contributed by atoms with Gasteiger partial charge in [-0.2, -0.15) is 0 Å². The molecule has 19 heavy (non-hydrogen) atoms. The van der Waals surface area contributed by atoms with Gasteiger partial charge in [0, 0.05) is 28.7 Å². The highest BCUT2D eigenvalue weighted by atomic mass is 16.6. The maximum Gasteiger partial charge on any atom is 0.169 e. The minimum absolute atomic E-state index is 0.0838. The maximum absolute atomic E-state index is 6.01. The Bertz CT molecular complexity index is 732. The van der Waals surface area contributed by atoms with Gasteiger partial charge in [-0.25, -0.2) is 0 Å². The lowest BCUT2D eigenvalue weighted by Gasteiger charge is -2.26. The summed E-state index contributed by atoms with van der Waals surface area (Å²) in [4.78, 5) is 3.27. The average molecular weight is 250 g/mol. The van der Waals surface area contributed by atoms with Crippen LogP contribution in [0.15, 0.2) is 48.7 Å². The molecule has 0 fully saturated rings. The van der Waals surface area contributed by atoms with Crippen molar-refractivity contribution in [3.8, 4) is 11.5 Å². The summed E-state index contributed by atoms with van der Waals surface area (Å²) >= 11 is 0. The Morgan fingerprint density at radius 1 is 1.16 bits per heavy atom. The summed E-state index contributed by atoms with van der Waals surface area (Å²) in [7, 11) is 0. The van der Waals surface area contributed by atoms with Gasteiger partial charge in [-0.3, -0.25) is 0 Å². The number of ether oxygens (including phenoxy) is 2. The van der Waals surface area contributed by atoms with Crippen LogP contribution >= 0.6 is 0 Å². The van der Waals surface area contributed by atoms with Crippen molar-refractivity contribution in [1.29, 1.82) is 0 Å². The van der Waals surface area contributed by atoms with Gasteiger partial charge in [0.05, 0.1) is 0 Å². The maximum atomic E-state index is 6.01. The molecule has 3 aromatic rings. The highest BCUT2D eigenvalue weighted by Gasteiger charge is 2.24. The Labute approximate surface area is 110 Å². The first-order valence-electron chi connectivity index (χ1n) is 6.28. The summed E-state index contributed by atoms with van der Waals surface area (Å²) < 4.78 is 11.7. The Morgan fingerprint density at radius 3 is 3.11 bits per heavy atom. The van der Waals surface area contributed by atoms with Crippen LogP contribution in [0, 0.1) is 6.07 Å². The van der Waals surface area contributed by atoms with E-state index in [0.29, 0.717) is 12.4 Å². The number of H-pyrrole nitrogens is 1. The molecule has 0 saturated carbocycles. The van der Waals surface area contributed by atoms with Crippen LogP contribution < -0.4 is 9.47 Å². The molecule has 93 valence electrons. The number of aromatic nitrogens is 1. The van der Waals surface area contributed by atoms with Gasteiger partial charge in [0.25, 0.3) is 0 Å². The molecule has 0 aliphatic carbocycles. The Balaban J connectivity index is 1.75. The Kier molecular flexibility index (Phi) is 2.24. The minimum atomic E-state index is -0.0838. The van der Waals surface area contributed by atoms with Crippen LogP contribution in [0.2, 0.25) is 0 Å². The smallest absolute Gasteiger partial charge is 0.169 e. The van der Waals surface area contributed by atoms with Crippen LogP contribution in [0.5, 0.6) is 11.5 Å². The van der Waals surface area contributed by atoms with Gasteiger partial charge in [0.1, 0.15) is 6.61 Å². The van der Waals surface area contributed by atoms with Gasteiger partial charge in [0.2, 0.25) is 0 Å². The molecule has 3 heteroatoms. The van der Waals surface area contributed by atoms with Gasteiger partial charge in [0.15, 0.2) is 17.6 Å². The minimum Gasteiger partial charge on any atom is -0.485 e. The molecule has 1 aliphatic rings. The van der Waals surface area contributed by atoms with Crippen LogP contribution in [0.3, 0.4) is 0 Å². The molecule has 0 spiro atoms. The second kappa shape index (κ2) is 4.05. The fourth-order valence-corrected chi connectivity index (χ4v) is 2.47. The van der Waals surface area contributed by atoms with E-state index in [1.807, 2.05) is 36.5 Å². The quantitative estimate of drug-likeness (QED) is 0.717. The molecule has 3 nitrogen and oxygen atoms in total. The third-order valence-corrected chi connectivity index (χ3v) is 3.40. The van der Waals surface area contributed by atoms with Crippen LogP contribution in [-0.4, -0.2) is 11.6 Å². The monoisotopic (exact) mass is 250 g/mol. The Morgan fingerprint density at radius 2 is 2.11 bits per heavy atom. The number of fused-ring (bicyclic) bond motifs is 2. The zero-order valence-electron chi connectivity index (χ0n) is 10.2. The lowest BCUT2D eigenvalue weighted by molar-refractivity contribution is 0.0920. The van der Waals surface area contributed by atoms with Crippen molar-refractivity contribution in [2.45, 2.75) is 6.10 Å². The van der Waals surface area contributed by atoms with Crippen LogP contribution in [0.4, 0.5) is 0 Å².